The summed E-state index contributed by atoms with van der Waals surface area (Å²) in [5, 5.41) is 3.58. The maximum Gasteiger partial charge on any atom is 0.210 e. The highest BCUT2D eigenvalue weighted by molar-refractivity contribution is 5.85. The second-order valence-electron chi connectivity index (χ2n) is 1.90. The smallest absolute Gasteiger partial charge is 0.210 e. The molecule has 0 aliphatic heterocycles. The topological polar surface area (TPSA) is 54.2 Å². The van der Waals surface area contributed by atoms with Gasteiger partial charge in [-0.25, -0.2) is 0 Å². The van der Waals surface area contributed by atoms with Crippen LogP contribution in [-0.2, 0) is 0 Å². The third-order valence-electron chi connectivity index (χ3n) is 1.34. The van der Waals surface area contributed by atoms with Crippen molar-refractivity contribution in [3.8, 4) is 0 Å². The Hall–Kier alpha value is -1.58. The fourth-order valence-electron chi connectivity index (χ4n) is 0.856. The molecule has 0 fully saturated rings. The molecule has 0 spiro atoms. The first kappa shape index (κ1) is 5.22. The van der Waals surface area contributed by atoms with Gasteiger partial charge in [-0.15, -0.1) is 0 Å². The minimum Gasteiger partial charge on any atom is -0.355 e. The van der Waals surface area contributed by atoms with Gasteiger partial charge in [0.1, 0.15) is 11.2 Å². The second kappa shape index (κ2) is 1.70. The molecule has 0 saturated carbocycles. The van der Waals surface area contributed by atoms with E-state index in [4.69, 9.17) is 4.52 Å². The number of hydrogen-bond donors (Lipinski definition) is 1. The maximum atomic E-state index is 4.86. The maximum absolute atomic E-state index is 4.86. The number of H-pyrrole nitrogens is 1. The number of aliphatic imine (C=N–C) groups is 1. The molecule has 0 aromatic carbocycles. The van der Waals surface area contributed by atoms with Gasteiger partial charge in [-0.1, -0.05) is 5.16 Å². The number of aromatic amines is 1. The van der Waals surface area contributed by atoms with Gasteiger partial charge in [0.2, 0.25) is 5.58 Å². The Morgan fingerprint density at radius 1 is 1.70 bits per heavy atom. The summed E-state index contributed by atoms with van der Waals surface area (Å²) in [7, 11) is 0. The summed E-state index contributed by atoms with van der Waals surface area (Å²) in [6.07, 6.45) is 3.33. The molecular weight excluding hydrogens is 130 g/mol. The minimum atomic E-state index is 0.662. The van der Waals surface area contributed by atoms with Crippen LogP contribution in [0.2, 0.25) is 0 Å². The molecule has 0 atom stereocenters. The molecule has 0 amide bonds. The Morgan fingerprint density at radius 3 is 3.40 bits per heavy atom. The van der Waals surface area contributed by atoms with Crippen LogP contribution in [0, 0.1) is 0 Å². The molecule has 2 rings (SSSR count). The van der Waals surface area contributed by atoms with Gasteiger partial charge in [-0.3, -0.25) is 4.99 Å². The highest BCUT2D eigenvalue weighted by atomic mass is 16.5. The van der Waals surface area contributed by atoms with Gasteiger partial charge in [0.25, 0.3) is 0 Å². The van der Waals surface area contributed by atoms with Gasteiger partial charge in [0.05, 0.1) is 6.20 Å². The molecular formula is C6H5N3O. The zero-order chi connectivity index (χ0) is 6.97. The molecule has 2 aromatic rings. The average molecular weight is 135 g/mol. The molecule has 2 aromatic heterocycles. The third kappa shape index (κ3) is 0.500. The van der Waals surface area contributed by atoms with Crippen LogP contribution in [0.4, 0.5) is 5.69 Å². The van der Waals surface area contributed by atoms with Crippen LogP contribution in [0.25, 0.3) is 11.1 Å². The fraction of sp³-hybridized carbons (Fsp3) is 0. The monoisotopic (exact) mass is 135 g/mol. The molecule has 0 saturated heterocycles. The van der Waals surface area contributed by atoms with E-state index in [1.165, 1.54) is 0 Å². The lowest BCUT2D eigenvalue weighted by Gasteiger charge is -1.76. The summed E-state index contributed by atoms with van der Waals surface area (Å²) in [5.74, 6) is 0. The Morgan fingerprint density at radius 2 is 2.60 bits per heavy atom. The first-order valence-electron chi connectivity index (χ1n) is 2.80. The van der Waals surface area contributed by atoms with Gasteiger partial charge in [-0.2, -0.15) is 0 Å². The van der Waals surface area contributed by atoms with E-state index in [9.17, 15) is 0 Å². The number of rotatable bonds is 1. The Balaban J connectivity index is 2.88. The quantitative estimate of drug-likeness (QED) is 0.602. The molecule has 10 heavy (non-hydrogen) atoms. The van der Waals surface area contributed by atoms with Gasteiger partial charge in [-0.05, 0) is 6.72 Å². The number of hydrogen-bond acceptors (Lipinski definition) is 3. The number of nitrogens with zero attached hydrogens (tertiary/aromatic N) is 2. The molecule has 0 radical (unpaired) electrons. The van der Waals surface area contributed by atoms with Crippen LogP contribution in [-0.4, -0.2) is 16.9 Å². The Bertz CT molecular complexity index is 360. The van der Waals surface area contributed by atoms with Crippen molar-refractivity contribution in [3.63, 3.8) is 0 Å². The van der Waals surface area contributed by atoms with E-state index >= 15 is 0 Å². The van der Waals surface area contributed by atoms with Crippen molar-refractivity contribution in [2.24, 2.45) is 4.99 Å². The molecule has 4 heteroatoms. The predicted octanol–water partition coefficient (Wildman–Crippen LogP) is 1.49. The van der Waals surface area contributed by atoms with Gasteiger partial charge < -0.3 is 9.51 Å². The van der Waals surface area contributed by atoms with E-state index in [1.807, 2.05) is 0 Å². The minimum absolute atomic E-state index is 0.662. The summed E-state index contributed by atoms with van der Waals surface area (Å²) < 4.78 is 4.86. The van der Waals surface area contributed by atoms with Crippen molar-refractivity contribution in [2.45, 2.75) is 0 Å². The van der Waals surface area contributed by atoms with E-state index in [0.717, 1.165) is 5.52 Å². The number of aromatic nitrogens is 2. The van der Waals surface area contributed by atoms with Crippen molar-refractivity contribution in [2.75, 3.05) is 0 Å². The molecule has 2 heterocycles. The van der Waals surface area contributed by atoms with Crippen molar-refractivity contribution >= 4 is 23.5 Å². The predicted molar refractivity (Wildman–Crippen MR) is 37.6 cm³/mol. The Kier molecular flexibility index (Phi) is 0.887. The third-order valence-corrected chi connectivity index (χ3v) is 1.34. The van der Waals surface area contributed by atoms with E-state index in [0.29, 0.717) is 11.3 Å². The van der Waals surface area contributed by atoms with Gasteiger partial charge in [0.15, 0.2) is 0 Å². The van der Waals surface area contributed by atoms with Crippen LogP contribution < -0.4 is 0 Å². The lowest BCUT2D eigenvalue weighted by molar-refractivity contribution is 0.457. The van der Waals surface area contributed by atoms with E-state index in [1.54, 1.807) is 12.4 Å². The van der Waals surface area contributed by atoms with Crippen LogP contribution in [0.5, 0.6) is 0 Å². The largest absolute Gasteiger partial charge is 0.355 e. The highest BCUT2D eigenvalue weighted by Crippen LogP contribution is 2.23. The van der Waals surface area contributed by atoms with Crippen LogP contribution >= 0.6 is 0 Å². The van der Waals surface area contributed by atoms with E-state index < -0.39 is 0 Å². The molecule has 1 N–H and O–H groups in total. The van der Waals surface area contributed by atoms with Crippen molar-refractivity contribution < 1.29 is 4.52 Å². The number of fused-ring (bicyclic) bond motifs is 1. The van der Waals surface area contributed by atoms with Crippen molar-refractivity contribution in [1.82, 2.24) is 10.1 Å². The first-order valence-corrected chi connectivity index (χ1v) is 2.80. The van der Waals surface area contributed by atoms with Crippen molar-refractivity contribution in [1.29, 1.82) is 0 Å². The Labute approximate surface area is 56.5 Å². The molecule has 0 aliphatic carbocycles. The normalized spacial score (nSPS) is 10.4. The highest BCUT2D eigenvalue weighted by Gasteiger charge is 2.04. The molecule has 50 valence electrons. The summed E-state index contributed by atoms with van der Waals surface area (Å²) in [6.45, 7) is 3.38. The summed E-state index contributed by atoms with van der Waals surface area (Å²) >= 11 is 0. The molecule has 0 bridgehead atoms. The first-order chi connectivity index (χ1) is 4.92. The van der Waals surface area contributed by atoms with Crippen molar-refractivity contribution in [3.05, 3.63) is 12.4 Å². The van der Waals surface area contributed by atoms with Gasteiger partial charge >= 0.3 is 0 Å². The molecule has 4 nitrogen and oxygen atoms in total. The van der Waals surface area contributed by atoms with Crippen LogP contribution in [0.1, 0.15) is 0 Å². The average Bonchev–Trinajstić information content (AvgIpc) is 2.44. The standard InChI is InChI=1S/C6H5N3O/c1-7-4-2-8-5-3-9-10-6(4)5/h2-3,8H,1H2. The van der Waals surface area contributed by atoms with Crippen LogP contribution in [0.15, 0.2) is 21.9 Å². The summed E-state index contributed by atoms with van der Waals surface area (Å²) in [5.41, 5.74) is 2.21. The van der Waals surface area contributed by atoms with E-state index in [2.05, 4.69) is 21.9 Å². The van der Waals surface area contributed by atoms with E-state index in [-0.39, 0.29) is 0 Å². The zero-order valence-corrected chi connectivity index (χ0v) is 5.16. The SMILES string of the molecule is C=Nc1c[nH]c2cnoc12. The zero-order valence-electron chi connectivity index (χ0n) is 5.16. The lowest BCUT2D eigenvalue weighted by atomic mass is 10.5. The van der Waals surface area contributed by atoms with Crippen LogP contribution in [0.3, 0.4) is 0 Å². The molecule has 0 unspecified atom stereocenters. The second-order valence-corrected chi connectivity index (χ2v) is 1.90. The summed E-state index contributed by atoms with van der Waals surface area (Å²) in [6, 6.07) is 0. The molecule has 0 aliphatic rings. The number of nitrogens with one attached hydrogen (secondary N) is 1. The lowest BCUT2D eigenvalue weighted by Crippen LogP contribution is -1.53. The fourth-order valence-corrected chi connectivity index (χ4v) is 0.856. The summed E-state index contributed by atoms with van der Waals surface area (Å²) in [4.78, 5) is 6.64. The van der Waals surface area contributed by atoms with Gasteiger partial charge in [0, 0.05) is 6.20 Å².